The van der Waals surface area contributed by atoms with E-state index in [-0.39, 0.29) is 23.9 Å². The van der Waals surface area contributed by atoms with Crippen LogP contribution in [0.2, 0.25) is 0 Å². The van der Waals surface area contributed by atoms with Crippen molar-refractivity contribution in [1.29, 1.82) is 0 Å². The maximum Gasteiger partial charge on any atom is 0.410 e. The SMILES string of the molecule is COC(=O)CC[C@H]1CN(C(=O)OC(C)(C)C)C[C@H]1c1cccc(OCc2ccccc2)c1. The van der Waals surface area contributed by atoms with Crippen molar-refractivity contribution in [3.05, 3.63) is 65.7 Å². The first-order chi connectivity index (χ1) is 15.2. The van der Waals surface area contributed by atoms with Gasteiger partial charge >= 0.3 is 12.1 Å². The van der Waals surface area contributed by atoms with Gasteiger partial charge in [-0.25, -0.2) is 4.79 Å². The predicted molar refractivity (Wildman–Crippen MR) is 123 cm³/mol. The third kappa shape index (κ3) is 6.74. The Bertz CT molecular complexity index is 906. The summed E-state index contributed by atoms with van der Waals surface area (Å²) in [5, 5.41) is 0. The number of rotatable bonds is 7. The van der Waals surface area contributed by atoms with Gasteiger partial charge in [0, 0.05) is 25.4 Å². The van der Waals surface area contributed by atoms with Gasteiger partial charge in [-0.2, -0.15) is 0 Å². The van der Waals surface area contributed by atoms with Crippen LogP contribution in [0.15, 0.2) is 54.6 Å². The first-order valence-corrected chi connectivity index (χ1v) is 11.1. The second-order valence-corrected chi connectivity index (χ2v) is 9.21. The summed E-state index contributed by atoms with van der Waals surface area (Å²) in [4.78, 5) is 26.2. The van der Waals surface area contributed by atoms with Crippen molar-refractivity contribution in [2.24, 2.45) is 5.92 Å². The number of hydrogen-bond acceptors (Lipinski definition) is 5. The lowest BCUT2D eigenvalue weighted by molar-refractivity contribution is -0.140. The molecule has 1 aliphatic rings. The summed E-state index contributed by atoms with van der Waals surface area (Å²) in [6.07, 6.45) is 0.648. The normalized spacial score (nSPS) is 18.3. The summed E-state index contributed by atoms with van der Waals surface area (Å²) in [6, 6.07) is 18.0. The Labute approximate surface area is 190 Å². The molecule has 2 aromatic rings. The van der Waals surface area contributed by atoms with Crippen LogP contribution in [0, 0.1) is 5.92 Å². The van der Waals surface area contributed by atoms with Crippen LogP contribution in [0.3, 0.4) is 0 Å². The van der Waals surface area contributed by atoms with Gasteiger partial charge in [0.2, 0.25) is 0 Å². The summed E-state index contributed by atoms with van der Waals surface area (Å²) in [7, 11) is 1.40. The predicted octanol–water partition coefficient (Wildman–Crippen LogP) is 5.17. The molecule has 0 N–H and O–H groups in total. The molecule has 6 heteroatoms. The molecule has 0 unspecified atom stereocenters. The average Bonchev–Trinajstić information content (AvgIpc) is 3.20. The number of esters is 1. The lowest BCUT2D eigenvalue weighted by atomic mass is 9.86. The average molecular weight is 440 g/mol. The molecule has 2 aromatic carbocycles. The number of carbonyl (C=O) groups is 2. The van der Waals surface area contributed by atoms with Gasteiger partial charge in [0.15, 0.2) is 0 Å². The van der Waals surface area contributed by atoms with Crippen molar-refractivity contribution >= 4 is 12.1 Å². The molecule has 1 fully saturated rings. The molecular weight excluding hydrogens is 406 g/mol. The van der Waals surface area contributed by atoms with E-state index in [0.717, 1.165) is 16.9 Å². The van der Waals surface area contributed by atoms with Crippen LogP contribution in [0.1, 0.15) is 50.7 Å². The molecule has 1 aliphatic heterocycles. The van der Waals surface area contributed by atoms with Crippen LogP contribution >= 0.6 is 0 Å². The Morgan fingerprint density at radius 2 is 1.78 bits per heavy atom. The van der Waals surface area contributed by atoms with Gasteiger partial charge < -0.3 is 19.1 Å². The van der Waals surface area contributed by atoms with Crippen LogP contribution in [-0.2, 0) is 20.9 Å². The third-order valence-corrected chi connectivity index (χ3v) is 5.57. The van der Waals surface area contributed by atoms with E-state index < -0.39 is 5.60 Å². The van der Waals surface area contributed by atoms with Crippen molar-refractivity contribution < 1.29 is 23.8 Å². The molecule has 0 aliphatic carbocycles. The first kappa shape index (κ1) is 23.6. The first-order valence-electron chi connectivity index (χ1n) is 11.1. The van der Waals surface area contributed by atoms with Crippen LogP contribution < -0.4 is 4.74 Å². The van der Waals surface area contributed by atoms with E-state index in [4.69, 9.17) is 14.2 Å². The van der Waals surface area contributed by atoms with Crippen LogP contribution in [-0.4, -0.2) is 42.8 Å². The lowest BCUT2D eigenvalue weighted by Crippen LogP contribution is -2.35. The van der Waals surface area contributed by atoms with E-state index in [2.05, 4.69) is 6.07 Å². The molecule has 0 bridgehead atoms. The number of likely N-dealkylation sites (tertiary alicyclic amines) is 1. The Morgan fingerprint density at radius 1 is 1.03 bits per heavy atom. The molecule has 0 radical (unpaired) electrons. The molecule has 1 saturated heterocycles. The molecule has 3 rings (SSSR count). The third-order valence-electron chi connectivity index (χ3n) is 5.57. The fraction of sp³-hybridized carbons (Fsp3) is 0.462. The number of benzene rings is 2. The van der Waals surface area contributed by atoms with E-state index in [1.54, 1.807) is 4.90 Å². The second kappa shape index (κ2) is 10.5. The fourth-order valence-corrected chi connectivity index (χ4v) is 4.00. The van der Waals surface area contributed by atoms with Crippen molar-refractivity contribution in [1.82, 2.24) is 4.90 Å². The number of methoxy groups -OCH3 is 1. The zero-order valence-corrected chi connectivity index (χ0v) is 19.4. The monoisotopic (exact) mass is 439 g/mol. The van der Waals surface area contributed by atoms with Gasteiger partial charge in [0.05, 0.1) is 7.11 Å². The van der Waals surface area contributed by atoms with E-state index in [1.807, 2.05) is 69.3 Å². The van der Waals surface area contributed by atoms with Gasteiger partial charge in [-0.1, -0.05) is 42.5 Å². The molecule has 0 aromatic heterocycles. The highest BCUT2D eigenvalue weighted by Gasteiger charge is 2.38. The van der Waals surface area contributed by atoms with Crippen molar-refractivity contribution in [2.45, 2.75) is 51.7 Å². The van der Waals surface area contributed by atoms with E-state index in [9.17, 15) is 9.59 Å². The molecule has 172 valence electrons. The number of hydrogen-bond donors (Lipinski definition) is 0. The summed E-state index contributed by atoms with van der Waals surface area (Å²) in [5.41, 5.74) is 1.64. The molecule has 1 amide bonds. The number of ether oxygens (including phenoxy) is 3. The second-order valence-electron chi connectivity index (χ2n) is 9.21. The summed E-state index contributed by atoms with van der Waals surface area (Å²) >= 11 is 0. The molecule has 0 spiro atoms. The van der Waals surface area contributed by atoms with Crippen molar-refractivity contribution in [3.63, 3.8) is 0 Å². The molecule has 1 heterocycles. The van der Waals surface area contributed by atoms with Gasteiger partial charge in [-0.15, -0.1) is 0 Å². The lowest BCUT2D eigenvalue weighted by Gasteiger charge is -2.24. The molecule has 32 heavy (non-hydrogen) atoms. The number of amides is 1. The largest absolute Gasteiger partial charge is 0.489 e. The number of nitrogens with zero attached hydrogens (tertiary/aromatic N) is 1. The minimum Gasteiger partial charge on any atom is -0.489 e. The zero-order chi connectivity index (χ0) is 23.1. The van der Waals surface area contributed by atoms with Crippen molar-refractivity contribution in [3.8, 4) is 5.75 Å². The molecule has 0 saturated carbocycles. The van der Waals surface area contributed by atoms with Gasteiger partial charge in [-0.3, -0.25) is 4.79 Å². The highest BCUT2D eigenvalue weighted by atomic mass is 16.6. The van der Waals surface area contributed by atoms with E-state index >= 15 is 0 Å². The molecule has 2 atom stereocenters. The fourth-order valence-electron chi connectivity index (χ4n) is 4.00. The summed E-state index contributed by atoms with van der Waals surface area (Å²) in [5.74, 6) is 0.770. The van der Waals surface area contributed by atoms with Crippen molar-refractivity contribution in [2.75, 3.05) is 20.2 Å². The smallest absolute Gasteiger partial charge is 0.410 e. The van der Waals surface area contributed by atoms with Gasteiger partial charge in [0.1, 0.15) is 18.0 Å². The van der Waals surface area contributed by atoms with Crippen LogP contribution in [0.25, 0.3) is 0 Å². The van der Waals surface area contributed by atoms with Crippen LogP contribution in [0.4, 0.5) is 4.79 Å². The summed E-state index contributed by atoms with van der Waals surface area (Å²) in [6.45, 7) is 7.17. The highest BCUT2D eigenvalue weighted by molar-refractivity contribution is 5.70. The highest BCUT2D eigenvalue weighted by Crippen LogP contribution is 2.37. The number of carbonyl (C=O) groups excluding carboxylic acids is 2. The maximum atomic E-state index is 12.7. The van der Waals surface area contributed by atoms with Gasteiger partial charge in [0.25, 0.3) is 0 Å². The molecule has 6 nitrogen and oxygen atoms in total. The van der Waals surface area contributed by atoms with Crippen LogP contribution in [0.5, 0.6) is 5.75 Å². The maximum absolute atomic E-state index is 12.7. The Morgan fingerprint density at radius 3 is 2.47 bits per heavy atom. The topological polar surface area (TPSA) is 65.1 Å². The summed E-state index contributed by atoms with van der Waals surface area (Å²) < 4.78 is 16.4. The molecular formula is C26H33NO5. The van der Waals surface area contributed by atoms with E-state index in [0.29, 0.717) is 32.5 Å². The Kier molecular flexibility index (Phi) is 7.78. The quantitative estimate of drug-likeness (QED) is 0.557. The van der Waals surface area contributed by atoms with Gasteiger partial charge in [-0.05, 0) is 56.4 Å². The zero-order valence-electron chi connectivity index (χ0n) is 19.4. The Balaban J connectivity index is 1.74. The van der Waals surface area contributed by atoms with E-state index in [1.165, 1.54) is 7.11 Å². The minimum atomic E-state index is -0.554. The minimum absolute atomic E-state index is 0.0902. The Hall–Kier alpha value is -3.02. The standard InChI is InChI=1S/C26H33NO5/c1-26(2,3)32-25(29)27-16-21(13-14-24(28)30-4)23(17-27)20-11-8-12-22(15-20)31-18-19-9-6-5-7-10-19/h5-12,15,21,23H,13-14,16-18H2,1-4H3/t21-,23-/m0/s1.